The molecule has 3 aromatic heterocycles. The molecule has 16 heavy (non-hydrogen) atoms. The Bertz CT molecular complexity index is 697. The number of hydrogen-bond acceptors (Lipinski definition) is 7. The lowest BCUT2D eigenvalue weighted by Gasteiger charge is -1.89. The van der Waals surface area contributed by atoms with Gasteiger partial charge in [0.15, 0.2) is 17.0 Å². The SMILES string of the molecule is Nc1nc2nc(-c3cnns3)[nH]c2c(=O)[nH]1. The summed E-state index contributed by atoms with van der Waals surface area (Å²) in [7, 11) is 0. The molecule has 0 bridgehead atoms. The molecule has 3 rings (SSSR count). The molecule has 4 N–H and O–H groups in total. The first kappa shape index (κ1) is 8.97. The van der Waals surface area contributed by atoms with E-state index in [4.69, 9.17) is 5.73 Å². The number of aromatic amines is 2. The zero-order valence-electron chi connectivity index (χ0n) is 7.76. The van der Waals surface area contributed by atoms with Gasteiger partial charge in [-0.1, -0.05) is 4.49 Å². The monoisotopic (exact) mass is 235 g/mol. The highest BCUT2D eigenvalue weighted by Crippen LogP contribution is 2.19. The van der Waals surface area contributed by atoms with Crippen LogP contribution in [0.25, 0.3) is 21.9 Å². The normalized spacial score (nSPS) is 11.0. The van der Waals surface area contributed by atoms with Crippen LogP contribution in [0.4, 0.5) is 5.95 Å². The van der Waals surface area contributed by atoms with Crippen molar-refractivity contribution in [1.82, 2.24) is 29.5 Å². The van der Waals surface area contributed by atoms with Gasteiger partial charge in [-0.05, 0) is 11.5 Å². The minimum Gasteiger partial charge on any atom is -0.369 e. The lowest BCUT2D eigenvalue weighted by molar-refractivity contribution is 1.15. The Morgan fingerprint density at radius 3 is 2.94 bits per heavy atom. The summed E-state index contributed by atoms with van der Waals surface area (Å²) in [5.74, 6) is 0.548. The molecule has 0 aliphatic rings. The van der Waals surface area contributed by atoms with E-state index in [1.807, 2.05) is 0 Å². The highest BCUT2D eigenvalue weighted by atomic mass is 32.1. The molecule has 80 valence electrons. The highest BCUT2D eigenvalue weighted by molar-refractivity contribution is 7.09. The molecule has 0 spiro atoms. The maximum absolute atomic E-state index is 11.5. The molecule has 9 heteroatoms. The van der Waals surface area contributed by atoms with Crippen LogP contribution in [-0.4, -0.2) is 29.5 Å². The van der Waals surface area contributed by atoms with Crippen LogP contribution in [0.2, 0.25) is 0 Å². The summed E-state index contributed by atoms with van der Waals surface area (Å²) in [4.78, 5) is 25.5. The summed E-state index contributed by atoms with van der Waals surface area (Å²) in [5, 5.41) is 3.69. The van der Waals surface area contributed by atoms with E-state index in [0.29, 0.717) is 5.82 Å². The predicted molar refractivity (Wildman–Crippen MR) is 57.8 cm³/mol. The topological polar surface area (TPSA) is 126 Å². The number of H-pyrrole nitrogens is 2. The smallest absolute Gasteiger partial charge is 0.278 e. The molecular weight excluding hydrogens is 230 g/mol. The van der Waals surface area contributed by atoms with E-state index < -0.39 is 0 Å². The van der Waals surface area contributed by atoms with E-state index in [-0.39, 0.29) is 22.7 Å². The first-order valence-electron chi connectivity index (χ1n) is 4.27. The molecule has 0 fully saturated rings. The Kier molecular flexibility index (Phi) is 1.74. The van der Waals surface area contributed by atoms with Gasteiger partial charge >= 0.3 is 0 Å². The molecule has 0 saturated heterocycles. The maximum Gasteiger partial charge on any atom is 0.278 e. The van der Waals surface area contributed by atoms with Crippen molar-refractivity contribution in [3.8, 4) is 10.7 Å². The Hall–Kier alpha value is -2.29. The number of nitrogen functional groups attached to an aromatic ring is 1. The van der Waals surface area contributed by atoms with Gasteiger partial charge in [0.05, 0.1) is 6.20 Å². The first-order valence-corrected chi connectivity index (χ1v) is 5.04. The van der Waals surface area contributed by atoms with Crippen molar-refractivity contribution in [2.45, 2.75) is 0 Å². The Morgan fingerprint density at radius 1 is 1.31 bits per heavy atom. The van der Waals surface area contributed by atoms with E-state index in [1.54, 1.807) is 6.20 Å². The van der Waals surface area contributed by atoms with Crippen LogP contribution >= 0.6 is 11.5 Å². The number of imidazole rings is 1. The van der Waals surface area contributed by atoms with Crippen molar-refractivity contribution in [3.63, 3.8) is 0 Å². The van der Waals surface area contributed by atoms with Crippen LogP contribution in [-0.2, 0) is 0 Å². The highest BCUT2D eigenvalue weighted by Gasteiger charge is 2.11. The molecule has 0 saturated carbocycles. The number of nitrogens with one attached hydrogen (secondary N) is 2. The molecule has 0 aliphatic carbocycles. The van der Waals surface area contributed by atoms with E-state index in [2.05, 4.69) is 29.5 Å². The third kappa shape index (κ3) is 1.26. The molecule has 0 atom stereocenters. The van der Waals surface area contributed by atoms with Gasteiger partial charge in [-0.25, -0.2) is 4.98 Å². The summed E-state index contributed by atoms with van der Waals surface area (Å²) in [5.41, 5.74) is 5.63. The fourth-order valence-corrected chi connectivity index (χ4v) is 1.77. The number of rotatable bonds is 1. The standard InChI is InChI=1S/C7H5N7OS/c8-7-12-5-3(6(15)13-7)10-4(11-5)2-1-9-14-16-2/h1H,(H4,8,10,11,12,13,15). The second-order valence-corrected chi connectivity index (χ2v) is 3.80. The summed E-state index contributed by atoms with van der Waals surface area (Å²) >= 11 is 1.18. The number of nitrogens with two attached hydrogens (primary N) is 1. The number of anilines is 1. The maximum atomic E-state index is 11.5. The first-order chi connectivity index (χ1) is 7.74. The van der Waals surface area contributed by atoms with Crippen molar-refractivity contribution >= 4 is 28.6 Å². The lowest BCUT2D eigenvalue weighted by atomic mass is 10.5. The van der Waals surface area contributed by atoms with Crippen LogP contribution in [0.15, 0.2) is 11.0 Å². The van der Waals surface area contributed by atoms with Crippen molar-refractivity contribution in [2.75, 3.05) is 5.73 Å². The molecule has 3 aromatic rings. The number of hydrogen-bond donors (Lipinski definition) is 3. The van der Waals surface area contributed by atoms with Gasteiger partial charge in [0.25, 0.3) is 5.56 Å². The summed E-state index contributed by atoms with van der Waals surface area (Å²) < 4.78 is 3.71. The number of nitrogens with zero attached hydrogens (tertiary/aromatic N) is 4. The zero-order valence-corrected chi connectivity index (χ0v) is 8.58. The summed E-state index contributed by atoms with van der Waals surface area (Å²) in [6, 6.07) is 0. The Labute approximate surface area is 91.7 Å². The largest absolute Gasteiger partial charge is 0.369 e. The van der Waals surface area contributed by atoms with E-state index in [9.17, 15) is 4.79 Å². The van der Waals surface area contributed by atoms with E-state index >= 15 is 0 Å². The van der Waals surface area contributed by atoms with Crippen LogP contribution in [0.3, 0.4) is 0 Å². The van der Waals surface area contributed by atoms with Crippen molar-refractivity contribution in [2.24, 2.45) is 0 Å². The molecule has 3 heterocycles. The van der Waals surface area contributed by atoms with Crippen LogP contribution in [0.1, 0.15) is 0 Å². The minimum absolute atomic E-state index is 0.0398. The fourth-order valence-electron chi connectivity index (χ4n) is 1.31. The zero-order chi connectivity index (χ0) is 11.1. The van der Waals surface area contributed by atoms with E-state index in [0.717, 1.165) is 4.88 Å². The van der Waals surface area contributed by atoms with Gasteiger partial charge in [0.1, 0.15) is 4.88 Å². The Morgan fingerprint density at radius 2 is 2.19 bits per heavy atom. The van der Waals surface area contributed by atoms with Gasteiger partial charge in [0, 0.05) is 0 Å². The van der Waals surface area contributed by atoms with Crippen LogP contribution in [0.5, 0.6) is 0 Å². The molecule has 0 unspecified atom stereocenters. The molecule has 8 nitrogen and oxygen atoms in total. The van der Waals surface area contributed by atoms with E-state index in [1.165, 1.54) is 11.5 Å². The van der Waals surface area contributed by atoms with Crippen molar-refractivity contribution in [1.29, 1.82) is 0 Å². The summed E-state index contributed by atoms with van der Waals surface area (Å²) in [6.45, 7) is 0. The van der Waals surface area contributed by atoms with Crippen molar-refractivity contribution in [3.05, 3.63) is 16.6 Å². The number of aromatic nitrogens is 6. The third-order valence-electron chi connectivity index (χ3n) is 1.97. The molecule has 0 amide bonds. The fraction of sp³-hybridized carbons (Fsp3) is 0. The quantitative estimate of drug-likeness (QED) is 0.533. The molecule has 0 radical (unpaired) electrons. The molecular formula is C7H5N7OS. The minimum atomic E-state index is -0.348. The predicted octanol–water partition coefficient (Wildman–Crippen LogP) is -0.253. The lowest BCUT2D eigenvalue weighted by Crippen LogP contribution is -2.10. The van der Waals surface area contributed by atoms with Gasteiger partial charge in [0.2, 0.25) is 5.95 Å². The molecule has 0 aromatic carbocycles. The second-order valence-electron chi connectivity index (χ2n) is 3.02. The second kappa shape index (κ2) is 3.10. The van der Waals surface area contributed by atoms with Crippen LogP contribution in [0, 0.1) is 0 Å². The van der Waals surface area contributed by atoms with Crippen LogP contribution < -0.4 is 11.3 Å². The van der Waals surface area contributed by atoms with Crippen molar-refractivity contribution < 1.29 is 0 Å². The van der Waals surface area contributed by atoms with Gasteiger partial charge < -0.3 is 10.7 Å². The van der Waals surface area contributed by atoms with Gasteiger partial charge in [-0.15, -0.1) is 5.10 Å². The average Bonchev–Trinajstić information content (AvgIpc) is 2.82. The Balaban J connectivity index is 2.31. The van der Waals surface area contributed by atoms with Gasteiger partial charge in [-0.3, -0.25) is 9.78 Å². The number of fused-ring (bicyclic) bond motifs is 1. The van der Waals surface area contributed by atoms with Gasteiger partial charge in [-0.2, -0.15) is 4.98 Å². The third-order valence-corrected chi connectivity index (χ3v) is 2.65. The average molecular weight is 235 g/mol. The summed E-state index contributed by atoms with van der Waals surface area (Å²) in [6.07, 6.45) is 1.56. The molecule has 0 aliphatic heterocycles.